The normalized spacial score (nSPS) is 18.8. The molecule has 12 heavy (non-hydrogen) atoms. The average Bonchev–Trinajstić information content (AvgIpc) is 1.96. The molecule has 0 aromatic carbocycles. The first-order valence-corrected chi connectivity index (χ1v) is 4.47. The van der Waals surface area contributed by atoms with Crippen LogP contribution in [0.25, 0.3) is 0 Å². The molecule has 3 N–H and O–H groups in total. The van der Waals surface area contributed by atoms with E-state index in [1.807, 2.05) is 6.92 Å². The third-order valence-corrected chi connectivity index (χ3v) is 2.01. The molecular weight excluding hydrogens is 154 g/mol. The summed E-state index contributed by atoms with van der Waals surface area (Å²) in [4.78, 5) is 13.2. The first-order chi connectivity index (χ1) is 5.72. The van der Waals surface area contributed by atoms with E-state index in [0.29, 0.717) is 12.5 Å². The number of hydrogen-bond donors (Lipinski definition) is 2. The molecule has 0 bridgehead atoms. The zero-order valence-corrected chi connectivity index (χ0v) is 7.55. The second kappa shape index (κ2) is 4.42. The summed E-state index contributed by atoms with van der Waals surface area (Å²) in [5, 5.41) is 2.76. The van der Waals surface area contributed by atoms with E-state index in [9.17, 15) is 4.79 Å². The zero-order chi connectivity index (χ0) is 8.97. The number of nitrogens with two attached hydrogens (primary N) is 1. The van der Waals surface area contributed by atoms with Crippen molar-refractivity contribution in [2.24, 2.45) is 5.73 Å². The highest BCUT2D eigenvalue weighted by Crippen LogP contribution is 2.04. The summed E-state index contributed by atoms with van der Waals surface area (Å²) in [6, 6.07) is 0.333. The molecule has 4 nitrogen and oxygen atoms in total. The van der Waals surface area contributed by atoms with Crippen LogP contribution in [0.3, 0.4) is 0 Å². The molecule has 0 aromatic heterocycles. The molecule has 4 heteroatoms. The van der Waals surface area contributed by atoms with Crippen LogP contribution >= 0.6 is 0 Å². The van der Waals surface area contributed by atoms with Gasteiger partial charge in [-0.3, -0.25) is 9.69 Å². The standard InChI is InChI=1S/C8H17N3O/c1-2-10-8(12)3-4-11-5-7(9)6-11/h7H,2-6,9H2,1H3,(H,10,12). The van der Waals surface area contributed by atoms with E-state index >= 15 is 0 Å². The van der Waals surface area contributed by atoms with Gasteiger partial charge in [-0.15, -0.1) is 0 Å². The molecule has 0 unspecified atom stereocenters. The van der Waals surface area contributed by atoms with Crippen LogP contribution in [0, 0.1) is 0 Å². The lowest BCUT2D eigenvalue weighted by atomic mass is 10.1. The topological polar surface area (TPSA) is 58.4 Å². The second-order valence-electron chi connectivity index (χ2n) is 3.22. The van der Waals surface area contributed by atoms with Crippen molar-refractivity contribution in [2.45, 2.75) is 19.4 Å². The summed E-state index contributed by atoms with van der Waals surface area (Å²) in [6.07, 6.45) is 0.598. The monoisotopic (exact) mass is 171 g/mol. The lowest BCUT2D eigenvalue weighted by Crippen LogP contribution is -2.56. The van der Waals surface area contributed by atoms with Gasteiger partial charge in [0.2, 0.25) is 5.91 Å². The van der Waals surface area contributed by atoms with E-state index in [0.717, 1.165) is 26.2 Å². The maximum Gasteiger partial charge on any atom is 0.221 e. The molecule has 1 heterocycles. The van der Waals surface area contributed by atoms with Crippen molar-refractivity contribution in [3.63, 3.8) is 0 Å². The van der Waals surface area contributed by atoms with Crippen molar-refractivity contribution in [1.29, 1.82) is 0 Å². The molecule has 1 aliphatic heterocycles. The summed E-state index contributed by atoms with van der Waals surface area (Å²) >= 11 is 0. The Kier molecular flexibility index (Phi) is 3.49. The van der Waals surface area contributed by atoms with Crippen molar-refractivity contribution in [1.82, 2.24) is 10.2 Å². The van der Waals surface area contributed by atoms with Gasteiger partial charge >= 0.3 is 0 Å². The highest BCUT2D eigenvalue weighted by Gasteiger charge is 2.22. The van der Waals surface area contributed by atoms with Crippen LogP contribution in [0.1, 0.15) is 13.3 Å². The van der Waals surface area contributed by atoms with Gasteiger partial charge in [0.15, 0.2) is 0 Å². The molecule has 0 atom stereocenters. The lowest BCUT2D eigenvalue weighted by Gasteiger charge is -2.36. The number of carbonyl (C=O) groups is 1. The largest absolute Gasteiger partial charge is 0.356 e. The summed E-state index contributed by atoms with van der Waals surface area (Å²) in [7, 11) is 0. The van der Waals surface area contributed by atoms with Crippen molar-refractivity contribution in [2.75, 3.05) is 26.2 Å². The van der Waals surface area contributed by atoms with Crippen LogP contribution in [-0.4, -0.2) is 43.0 Å². The lowest BCUT2D eigenvalue weighted by molar-refractivity contribution is -0.121. The van der Waals surface area contributed by atoms with E-state index in [2.05, 4.69) is 10.2 Å². The zero-order valence-electron chi connectivity index (χ0n) is 7.55. The Bertz CT molecular complexity index is 154. The van der Waals surface area contributed by atoms with E-state index in [1.54, 1.807) is 0 Å². The van der Waals surface area contributed by atoms with Gasteiger partial charge in [-0.2, -0.15) is 0 Å². The average molecular weight is 171 g/mol. The Morgan fingerprint density at radius 1 is 1.67 bits per heavy atom. The molecule has 0 spiro atoms. The van der Waals surface area contributed by atoms with E-state index < -0.39 is 0 Å². The molecule has 1 fully saturated rings. The Labute approximate surface area is 73.1 Å². The number of nitrogens with one attached hydrogen (secondary N) is 1. The van der Waals surface area contributed by atoms with Crippen LogP contribution < -0.4 is 11.1 Å². The maximum absolute atomic E-state index is 11.0. The third kappa shape index (κ3) is 2.79. The maximum atomic E-state index is 11.0. The Balaban J connectivity index is 1.98. The third-order valence-electron chi connectivity index (χ3n) is 2.01. The number of carbonyl (C=O) groups excluding carboxylic acids is 1. The van der Waals surface area contributed by atoms with Gasteiger partial charge in [-0.1, -0.05) is 0 Å². The van der Waals surface area contributed by atoms with Crippen molar-refractivity contribution in [3.05, 3.63) is 0 Å². The van der Waals surface area contributed by atoms with Crippen LogP contribution in [0.2, 0.25) is 0 Å². The van der Waals surface area contributed by atoms with Gasteiger partial charge in [0, 0.05) is 38.6 Å². The molecule has 0 aliphatic carbocycles. The summed E-state index contributed by atoms with van der Waals surface area (Å²) < 4.78 is 0. The number of hydrogen-bond acceptors (Lipinski definition) is 3. The van der Waals surface area contributed by atoms with Gasteiger partial charge < -0.3 is 11.1 Å². The smallest absolute Gasteiger partial charge is 0.221 e. The highest BCUT2D eigenvalue weighted by atomic mass is 16.1. The fourth-order valence-corrected chi connectivity index (χ4v) is 1.34. The van der Waals surface area contributed by atoms with Gasteiger partial charge in [-0.05, 0) is 6.92 Å². The number of amides is 1. The molecular formula is C8H17N3O. The van der Waals surface area contributed by atoms with E-state index in [4.69, 9.17) is 5.73 Å². The molecule has 1 rings (SSSR count). The Morgan fingerprint density at radius 2 is 2.33 bits per heavy atom. The molecule has 0 aromatic rings. The summed E-state index contributed by atoms with van der Waals surface area (Å²) in [6.45, 7) is 5.38. The van der Waals surface area contributed by atoms with Crippen molar-refractivity contribution < 1.29 is 4.79 Å². The molecule has 70 valence electrons. The number of likely N-dealkylation sites (tertiary alicyclic amines) is 1. The molecule has 1 saturated heterocycles. The quantitative estimate of drug-likeness (QED) is 0.579. The van der Waals surface area contributed by atoms with E-state index in [-0.39, 0.29) is 5.91 Å². The fraction of sp³-hybridized carbons (Fsp3) is 0.875. The van der Waals surface area contributed by atoms with Crippen molar-refractivity contribution in [3.8, 4) is 0 Å². The van der Waals surface area contributed by atoms with Crippen LogP contribution in [0.4, 0.5) is 0 Å². The summed E-state index contributed by atoms with van der Waals surface area (Å²) in [5.74, 6) is 0.137. The summed E-state index contributed by atoms with van der Waals surface area (Å²) in [5.41, 5.74) is 5.59. The van der Waals surface area contributed by atoms with Gasteiger partial charge in [0.05, 0.1) is 0 Å². The van der Waals surface area contributed by atoms with Gasteiger partial charge in [0.1, 0.15) is 0 Å². The fourth-order valence-electron chi connectivity index (χ4n) is 1.34. The molecule has 1 aliphatic rings. The Morgan fingerprint density at radius 3 is 2.83 bits per heavy atom. The number of rotatable bonds is 4. The van der Waals surface area contributed by atoms with Gasteiger partial charge in [0.25, 0.3) is 0 Å². The molecule has 0 saturated carbocycles. The molecule has 0 radical (unpaired) electrons. The predicted molar refractivity (Wildman–Crippen MR) is 47.7 cm³/mol. The van der Waals surface area contributed by atoms with E-state index in [1.165, 1.54) is 0 Å². The SMILES string of the molecule is CCNC(=O)CCN1CC(N)C1. The second-order valence-corrected chi connectivity index (χ2v) is 3.22. The van der Waals surface area contributed by atoms with Crippen molar-refractivity contribution >= 4 is 5.91 Å². The van der Waals surface area contributed by atoms with Crippen LogP contribution in [0.5, 0.6) is 0 Å². The minimum absolute atomic E-state index is 0.137. The van der Waals surface area contributed by atoms with Crippen LogP contribution in [-0.2, 0) is 4.79 Å². The first kappa shape index (κ1) is 9.48. The van der Waals surface area contributed by atoms with Crippen LogP contribution in [0.15, 0.2) is 0 Å². The number of nitrogens with zero attached hydrogens (tertiary/aromatic N) is 1. The Hall–Kier alpha value is -0.610. The minimum atomic E-state index is 0.137. The molecule has 1 amide bonds. The highest BCUT2D eigenvalue weighted by molar-refractivity contribution is 5.75. The minimum Gasteiger partial charge on any atom is -0.356 e. The predicted octanol–water partition coefficient (Wildman–Crippen LogP) is -0.844. The first-order valence-electron chi connectivity index (χ1n) is 4.47. The van der Waals surface area contributed by atoms with Gasteiger partial charge in [-0.25, -0.2) is 0 Å².